The van der Waals surface area contributed by atoms with E-state index < -0.39 is 0 Å². The number of amides is 1. The zero-order chi connectivity index (χ0) is 20.8. The molecule has 150 valence electrons. The van der Waals surface area contributed by atoms with Crippen molar-refractivity contribution < 1.29 is 9.53 Å². The van der Waals surface area contributed by atoms with E-state index in [-0.39, 0.29) is 5.91 Å². The van der Waals surface area contributed by atoms with Crippen LogP contribution in [0.2, 0.25) is 0 Å². The van der Waals surface area contributed by atoms with Gasteiger partial charge >= 0.3 is 0 Å². The highest BCUT2D eigenvalue weighted by atomic mass is 16.5. The summed E-state index contributed by atoms with van der Waals surface area (Å²) in [7, 11) is 1.66. The molecule has 4 aromatic carbocycles. The van der Waals surface area contributed by atoms with Gasteiger partial charge in [0.05, 0.1) is 13.5 Å². The molecule has 0 heterocycles. The minimum absolute atomic E-state index is 0.109. The number of fused-ring (bicyclic) bond motifs is 1. The lowest BCUT2D eigenvalue weighted by molar-refractivity contribution is -0.131. The molecule has 0 fully saturated rings. The van der Waals surface area contributed by atoms with Crippen molar-refractivity contribution in [2.75, 3.05) is 7.11 Å². The van der Waals surface area contributed by atoms with Gasteiger partial charge in [-0.2, -0.15) is 0 Å². The second kappa shape index (κ2) is 9.27. The number of carbonyl (C=O) groups is 1. The van der Waals surface area contributed by atoms with Crippen molar-refractivity contribution in [3.8, 4) is 5.75 Å². The number of hydrogen-bond acceptors (Lipinski definition) is 2. The van der Waals surface area contributed by atoms with Crippen LogP contribution in [-0.2, 0) is 24.3 Å². The van der Waals surface area contributed by atoms with E-state index >= 15 is 0 Å². The summed E-state index contributed by atoms with van der Waals surface area (Å²) in [5.41, 5.74) is 3.27. The number of ether oxygens (including phenoxy) is 1. The Labute approximate surface area is 177 Å². The summed E-state index contributed by atoms with van der Waals surface area (Å²) in [6.45, 7) is 1.17. The minimum atomic E-state index is 0.109. The minimum Gasteiger partial charge on any atom is -0.497 e. The fourth-order valence-corrected chi connectivity index (χ4v) is 3.71. The monoisotopic (exact) mass is 395 g/mol. The van der Waals surface area contributed by atoms with Crippen molar-refractivity contribution in [3.63, 3.8) is 0 Å². The zero-order valence-corrected chi connectivity index (χ0v) is 17.1. The third kappa shape index (κ3) is 4.69. The lowest BCUT2D eigenvalue weighted by atomic mass is 10.0. The third-order valence-corrected chi connectivity index (χ3v) is 5.31. The van der Waals surface area contributed by atoms with E-state index in [4.69, 9.17) is 4.74 Å². The van der Waals surface area contributed by atoms with E-state index in [9.17, 15) is 4.79 Å². The molecule has 0 bridgehead atoms. The second-order valence-electron chi connectivity index (χ2n) is 7.40. The van der Waals surface area contributed by atoms with Crippen LogP contribution >= 0.6 is 0 Å². The van der Waals surface area contributed by atoms with E-state index in [1.54, 1.807) is 7.11 Å². The van der Waals surface area contributed by atoms with Crippen LogP contribution in [0.1, 0.15) is 16.7 Å². The summed E-state index contributed by atoms with van der Waals surface area (Å²) in [6.07, 6.45) is 0.351. The lowest BCUT2D eigenvalue weighted by Gasteiger charge is -2.24. The van der Waals surface area contributed by atoms with Gasteiger partial charge in [0.15, 0.2) is 0 Å². The Balaban J connectivity index is 1.62. The van der Waals surface area contributed by atoms with Crippen LogP contribution in [0.4, 0.5) is 0 Å². The SMILES string of the molecule is COc1ccc2cccc(CC(=O)N(Cc3ccccc3)Cc3ccccc3)c2c1. The Kier molecular flexibility index (Phi) is 6.09. The summed E-state index contributed by atoms with van der Waals surface area (Å²) >= 11 is 0. The van der Waals surface area contributed by atoms with Gasteiger partial charge in [-0.3, -0.25) is 4.79 Å². The van der Waals surface area contributed by atoms with Crippen LogP contribution in [-0.4, -0.2) is 17.9 Å². The quantitative estimate of drug-likeness (QED) is 0.406. The van der Waals surface area contributed by atoms with Crippen molar-refractivity contribution in [2.24, 2.45) is 0 Å². The fourth-order valence-electron chi connectivity index (χ4n) is 3.71. The van der Waals surface area contributed by atoms with Crippen LogP contribution < -0.4 is 4.74 Å². The van der Waals surface area contributed by atoms with Gasteiger partial charge in [0.25, 0.3) is 0 Å². The molecule has 0 atom stereocenters. The Hall–Kier alpha value is -3.59. The lowest BCUT2D eigenvalue weighted by Crippen LogP contribution is -2.31. The molecule has 4 aromatic rings. The highest BCUT2D eigenvalue weighted by Crippen LogP contribution is 2.25. The highest BCUT2D eigenvalue weighted by molar-refractivity contribution is 5.91. The van der Waals surface area contributed by atoms with Crippen LogP contribution in [0.25, 0.3) is 10.8 Å². The number of nitrogens with zero attached hydrogens (tertiary/aromatic N) is 1. The van der Waals surface area contributed by atoms with Crippen molar-refractivity contribution in [1.29, 1.82) is 0 Å². The maximum absolute atomic E-state index is 13.4. The summed E-state index contributed by atoms with van der Waals surface area (Å²) in [4.78, 5) is 15.3. The van der Waals surface area contributed by atoms with Crippen molar-refractivity contribution in [3.05, 3.63) is 114 Å². The molecule has 0 N–H and O–H groups in total. The van der Waals surface area contributed by atoms with Crippen molar-refractivity contribution in [2.45, 2.75) is 19.5 Å². The summed E-state index contributed by atoms with van der Waals surface area (Å²) < 4.78 is 5.39. The van der Waals surface area contributed by atoms with Gasteiger partial charge in [0.1, 0.15) is 5.75 Å². The van der Waals surface area contributed by atoms with Crippen molar-refractivity contribution in [1.82, 2.24) is 4.90 Å². The molecule has 0 unspecified atom stereocenters. The van der Waals surface area contributed by atoms with E-state index in [0.29, 0.717) is 19.5 Å². The first-order chi connectivity index (χ1) is 14.7. The molecule has 0 aliphatic rings. The Morgan fingerprint density at radius 1 is 0.767 bits per heavy atom. The van der Waals surface area contributed by atoms with Gasteiger partial charge in [-0.25, -0.2) is 0 Å². The molecule has 0 saturated heterocycles. The van der Waals surface area contributed by atoms with Gasteiger partial charge in [0, 0.05) is 13.1 Å². The summed E-state index contributed by atoms with van der Waals surface area (Å²) in [5, 5.41) is 2.17. The largest absolute Gasteiger partial charge is 0.497 e. The Bertz CT molecular complexity index is 1080. The van der Waals surface area contributed by atoms with Gasteiger partial charge in [-0.05, 0) is 39.6 Å². The highest BCUT2D eigenvalue weighted by Gasteiger charge is 2.17. The molecular weight excluding hydrogens is 370 g/mol. The van der Waals surface area contributed by atoms with Crippen LogP contribution in [0.5, 0.6) is 5.75 Å². The summed E-state index contributed by atoms with van der Waals surface area (Å²) in [6, 6.07) is 32.4. The molecule has 4 rings (SSSR count). The maximum atomic E-state index is 13.4. The van der Waals surface area contributed by atoms with Crippen LogP contribution in [0.15, 0.2) is 97.1 Å². The second-order valence-corrected chi connectivity index (χ2v) is 7.40. The van der Waals surface area contributed by atoms with E-state index in [2.05, 4.69) is 30.3 Å². The van der Waals surface area contributed by atoms with Gasteiger partial charge in [-0.15, -0.1) is 0 Å². The van der Waals surface area contributed by atoms with Gasteiger partial charge in [-0.1, -0.05) is 84.9 Å². The molecule has 0 aliphatic heterocycles. The third-order valence-electron chi connectivity index (χ3n) is 5.31. The normalized spacial score (nSPS) is 10.7. The standard InChI is InChI=1S/C27H25NO2/c1-30-25-16-15-23-13-8-14-24(26(23)18-25)17-27(29)28(19-21-9-4-2-5-10-21)20-22-11-6-3-7-12-22/h2-16,18H,17,19-20H2,1H3. The average molecular weight is 396 g/mol. The molecular formula is C27H25NO2. The molecule has 30 heavy (non-hydrogen) atoms. The molecule has 0 spiro atoms. The number of methoxy groups -OCH3 is 1. The Morgan fingerprint density at radius 3 is 2.00 bits per heavy atom. The number of rotatable bonds is 7. The van der Waals surface area contributed by atoms with Crippen molar-refractivity contribution >= 4 is 16.7 Å². The number of carbonyl (C=O) groups excluding carboxylic acids is 1. The number of benzene rings is 4. The first-order valence-electron chi connectivity index (χ1n) is 10.1. The van der Waals surface area contributed by atoms with Gasteiger partial charge in [0.2, 0.25) is 5.91 Å². The zero-order valence-electron chi connectivity index (χ0n) is 17.1. The van der Waals surface area contributed by atoms with E-state index in [1.165, 1.54) is 0 Å². The predicted molar refractivity (Wildman–Crippen MR) is 121 cm³/mol. The molecule has 1 amide bonds. The van der Waals surface area contributed by atoms with Gasteiger partial charge < -0.3 is 9.64 Å². The number of hydrogen-bond donors (Lipinski definition) is 0. The van der Waals surface area contributed by atoms with Crippen LogP contribution in [0, 0.1) is 0 Å². The first kappa shape index (κ1) is 19.7. The predicted octanol–water partition coefficient (Wildman–Crippen LogP) is 5.62. The fraction of sp³-hybridized carbons (Fsp3) is 0.148. The van der Waals surface area contributed by atoms with E-state index in [1.807, 2.05) is 71.6 Å². The van der Waals surface area contributed by atoms with Crippen LogP contribution in [0.3, 0.4) is 0 Å². The maximum Gasteiger partial charge on any atom is 0.227 e. The molecule has 0 radical (unpaired) electrons. The molecule has 3 nitrogen and oxygen atoms in total. The average Bonchev–Trinajstić information content (AvgIpc) is 2.80. The topological polar surface area (TPSA) is 29.5 Å². The molecule has 0 saturated carbocycles. The summed E-state index contributed by atoms with van der Waals surface area (Å²) in [5.74, 6) is 0.908. The smallest absolute Gasteiger partial charge is 0.227 e. The molecule has 0 aliphatic carbocycles. The Morgan fingerprint density at radius 2 is 1.40 bits per heavy atom. The molecule has 3 heteroatoms. The van der Waals surface area contributed by atoms with E-state index in [0.717, 1.165) is 33.2 Å². The first-order valence-corrected chi connectivity index (χ1v) is 10.1. The molecule has 0 aromatic heterocycles.